The average molecular weight is 279 g/mol. The maximum Gasteiger partial charge on any atom is 0.343 e. The highest BCUT2D eigenvalue weighted by atomic mass is 16.5. The summed E-state index contributed by atoms with van der Waals surface area (Å²) in [4.78, 5) is 24.5. The van der Waals surface area contributed by atoms with E-state index in [9.17, 15) is 9.59 Å². The quantitative estimate of drug-likeness (QED) is 0.678. The zero-order valence-corrected chi connectivity index (χ0v) is 11.4. The molecule has 0 aliphatic rings. The van der Waals surface area contributed by atoms with Crippen molar-refractivity contribution >= 4 is 16.9 Å². The number of aromatic nitrogens is 1. The van der Waals surface area contributed by atoms with E-state index in [1.807, 2.05) is 54.6 Å². The number of para-hydroxylation sites is 2. The number of carbonyl (C=O) groups is 1. The van der Waals surface area contributed by atoms with Gasteiger partial charge in [-0.2, -0.15) is 0 Å². The molecule has 3 aromatic rings. The molecular weight excluding hydrogens is 266 g/mol. The number of methoxy groups -OCH3 is 1. The molecule has 1 aromatic heterocycles. The average Bonchev–Trinajstić information content (AvgIpc) is 2.54. The van der Waals surface area contributed by atoms with Crippen LogP contribution in [-0.2, 0) is 4.74 Å². The molecule has 104 valence electrons. The van der Waals surface area contributed by atoms with Crippen LogP contribution in [0.2, 0.25) is 0 Å². The molecule has 0 fully saturated rings. The highest BCUT2D eigenvalue weighted by Crippen LogP contribution is 2.17. The summed E-state index contributed by atoms with van der Waals surface area (Å²) in [5.41, 5.74) is 1.11. The molecule has 1 heterocycles. The Kier molecular flexibility index (Phi) is 3.28. The van der Waals surface area contributed by atoms with Gasteiger partial charge in [0.1, 0.15) is 5.56 Å². The molecule has 0 N–H and O–H groups in total. The van der Waals surface area contributed by atoms with Gasteiger partial charge in [0.05, 0.1) is 12.6 Å². The van der Waals surface area contributed by atoms with E-state index in [2.05, 4.69) is 0 Å². The normalized spacial score (nSPS) is 10.5. The van der Waals surface area contributed by atoms with Crippen LogP contribution < -0.4 is 5.56 Å². The number of esters is 1. The van der Waals surface area contributed by atoms with Crippen LogP contribution >= 0.6 is 0 Å². The van der Waals surface area contributed by atoms with Crippen molar-refractivity contribution in [1.29, 1.82) is 0 Å². The number of fused-ring (bicyclic) bond motifs is 1. The number of hydrogen-bond acceptors (Lipinski definition) is 3. The number of nitrogens with zero attached hydrogens (tertiary/aromatic N) is 1. The number of rotatable bonds is 2. The number of ether oxygens (including phenoxy) is 1. The minimum atomic E-state index is -0.629. The van der Waals surface area contributed by atoms with E-state index in [4.69, 9.17) is 4.74 Å². The Bertz CT molecular complexity index is 866. The lowest BCUT2D eigenvalue weighted by Gasteiger charge is -2.12. The first-order valence-corrected chi connectivity index (χ1v) is 6.51. The monoisotopic (exact) mass is 279 g/mol. The van der Waals surface area contributed by atoms with E-state index in [0.29, 0.717) is 5.69 Å². The van der Waals surface area contributed by atoms with E-state index in [1.165, 1.54) is 11.7 Å². The van der Waals surface area contributed by atoms with Gasteiger partial charge in [0.2, 0.25) is 0 Å². The van der Waals surface area contributed by atoms with Gasteiger partial charge in [-0.15, -0.1) is 0 Å². The summed E-state index contributed by atoms with van der Waals surface area (Å²) in [6.07, 6.45) is 0. The van der Waals surface area contributed by atoms with E-state index in [1.54, 1.807) is 6.07 Å². The molecule has 4 heteroatoms. The predicted molar refractivity (Wildman–Crippen MR) is 80.9 cm³/mol. The minimum absolute atomic E-state index is 0.0278. The molecular formula is C17H13NO3. The van der Waals surface area contributed by atoms with Crippen LogP contribution in [0.15, 0.2) is 65.5 Å². The van der Waals surface area contributed by atoms with Gasteiger partial charge in [0.15, 0.2) is 0 Å². The van der Waals surface area contributed by atoms with Gasteiger partial charge in [-0.05, 0) is 29.7 Å². The SMILES string of the molecule is COC(=O)c1cc2ccccc2n(-c2ccccc2)c1=O. The maximum absolute atomic E-state index is 12.6. The van der Waals surface area contributed by atoms with Crippen LogP contribution in [0.5, 0.6) is 0 Å². The van der Waals surface area contributed by atoms with E-state index >= 15 is 0 Å². The summed E-state index contributed by atoms with van der Waals surface area (Å²) in [5, 5.41) is 0.807. The summed E-state index contributed by atoms with van der Waals surface area (Å²) < 4.78 is 6.23. The third-order valence-electron chi connectivity index (χ3n) is 3.33. The second-order valence-corrected chi connectivity index (χ2v) is 4.58. The summed E-state index contributed by atoms with van der Waals surface area (Å²) in [7, 11) is 1.27. The summed E-state index contributed by atoms with van der Waals surface area (Å²) in [6.45, 7) is 0. The van der Waals surface area contributed by atoms with Crippen molar-refractivity contribution in [2.75, 3.05) is 7.11 Å². The fourth-order valence-corrected chi connectivity index (χ4v) is 2.35. The van der Waals surface area contributed by atoms with Crippen LogP contribution in [0.1, 0.15) is 10.4 Å². The fraction of sp³-hybridized carbons (Fsp3) is 0.0588. The molecule has 2 aromatic carbocycles. The van der Waals surface area contributed by atoms with Crippen LogP contribution in [0.3, 0.4) is 0 Å². The standard InChI is InChI=1S/C17H13NO3/c1-21-17(20)14-11-12-7-5-6-10-15(12)18(16(14)19)13-8-3-2-4-9-13/h2-11H,1H3. The lowest BCUT2D eigenvalue weighted by molar-refractivity contribution is 0.0598. The van der Waals surface area contributed by atoms with E-state index < -0.39 is 5.97 Å². The summed E-state index contributed by atoms with van der Waals surface area (Å²) in [5.74, 6) is -0.629. The molecule has 0 atom stereocenters. The van der Waals surface area contributed by atoms with Crippen LogP contribution in [0.4, 0.5) is 0 Å². The van der Waals surface area contributed by atoms with Crippen molar-refractivity contribution in [2.24, 2.45) is 0 Å². The second kappa shape index (κ2) is 5.25. The molecule has 0 bridgehead atoms. The summed E-state index contributed by atoms with van der Waals surface area (Å²) in [6, 6.07) is 18.2. The summed E-state index contributed by atoms with van der Waals surface area (Å²) >= 11 is 0. The molecule has 21 heavy (non-hydrogen) atoms. The van der Waals surface area contributed by atoms with Crippen molar-refractivity contribution in [2.45, 2.75) is 0 Å². The van der Waals surface area contributed by atoms with Crippen molar-refractivity contribution in [3.63, 3.8) is 0 Å². The van der Waals surface area contributed by atoms with Gasteiger partial charge in [0.25, 0.3) is 5.56 Å². The molecule has 0 saturated carbocycles. The Hall–Kier alpha value is -2.88. The van der Waals surface area contributed by atoms with Gasteiger partial charge in [-0.25, -0.2) is 4.79 Å². The van der Waals surface area contributed by atoms with Crippen molar-refractivity contribution in [1.82, 2.24) is 4.57 Å². The third kappa shape index (κ3) is 2.21. The van der Waals surface area contributed by atoms with Crippen LogP contribution in [0.25, 0.3) is 16.6 Å². The molecule has 4 nitrogen and oxygen atoms in total. The Morgan fingerprint density at radius 1 is 1.00 bits per heavy atom. The fourth-order valence-electron chi connectivity index (χ4n) is 2.35. The highest BCUT2D eigenvalue weighted by molar-refractivity contribution is 5.94. The van der Waals surface area contributed by atoms with Crippen LogP contribution in [-0.4, -0.2) is 17.6 Å². The first kappa shape index (κ1) is 13.1. The molecule has 0 aliphatic heterocycles. The smallest absolute Gasteiger partial charge is 0.343 e. The third-order valence-corrected chi connectivity index (χ3v) is 3.33. The number of carbonyl (C=O) groups excluding carboxylic acids is 1. The Labute approximate surface area is 121 Å². The van der Waals surface area contributed by atoms with E-state index in [0.717, 1.165) is 10.9 Å². The van der Waals surface area contributed by atoms with Gasteiger partial charge < -0.3 is 4.74 Å². The number of hydrogen-bond donors (Lipinski definition) is 0. The Balaban J connectivity index is 2.43. The number of pyridine rings is 1. The maximum atomic E-state index is 12.6. The predicted octanol–water partition coefficient (Wildman–Crippen LogP) is 2.78. The zero-order chi connectivity index (χ0) is 14.8. The van der Waals surface area contributed by atoms with Gasteiger partial charge >= 0.3 is 5.97 Å². The molecule has 3 rings (SSSR count). The van der Waals surface area contributed by atoms with Gasteiger partial charge in [-0.1, -0.05) is 36.4 Å². The highest BCUT2D eigenvalue weighted by Gasteiger charge is 2.16. The first-order chi connectivity index (χ1) is 10.2. The molecule has 0 saturated heterocycles. The zero-order valence-electron chi connectivity index (χ0n) is 11.4. The first-order valence-electron chi connectivity index (χ1n) is 6.51. The topological polar surface area (TPSA) is 48.3 Å². The van der Waals surface area contributed by atoms with Crippen molar-refractivity contribution in [3.05, 3.63) is 76.6 Å². The lowest BCUT2D eigenvalue weighted by atomic mass is 10.1. The molecule has 0 radical (unpaired) electrons. The van der Waals surface area contributed by atoms with Gasteiger partial charge in [-0.3, -0.25) is 9.36 Å². The lowest BCUT2D eigenvalue weighted by Crippen LogP contribution is -2.26. The second-order valence-electron chi connectivity index (χ2n) is 4.58. The number of benzene rings is 2. The Morgan fingerprint density at radius 3 is 2.38 bits per heavy atom. The molecule has 0 amide bonds. The van der Waals surface area contributed by atoms with Crippen molar-refractivity contribution < 1.29 is 9.53 Å². The van der Waals surface area contributed by atoms with Gasteiger partial charge in [0, 0.05) is 5.69 Å². The molecule has 0 spiro atoms. The van der Waals surface area contributed by atoms with E-state index in [-0.39, 0.29) is 11.1 Å². The largest absolute Gasteiger partial charge is 0.465 e. The van der Waals surface area contributed by atoms with Crippen LogP contribution in [0, 0.1) is 0 Å². The van der Waals surface area contributed by atoms with Crippen molar-refractivity contribution in [3.8, 4) is 5.69 Å². The Morgan fingerprint density at radius 2 is 1.67 bits per heavy atom. The molecule has 0 unspecified atom stereocenters. The minimum Gasteiger partial charge on any atom is -0.465 e. The molecule has 0 aliphatic carbocycles.